The molecule has 1 atom stereocenters. The van der Waals surface area contributed by atoms with E-state index < -0.39 is 6.36 Å². The van der Waals surface area contributed by atoms with Crippen molar-refractivity contribution in [2.24, 2.45) is 16.1 Å². The Morgan fingerprint density at radius 3 is 2.61 bits per heavy atom. The number of anilines is 2. The fraction of sp³-hybridized carbons (Fsp3) is 0.269. The molecule has 1 heterocycles. The molecule has 0 saturated heterocycles. The minimum atomic E-state index is -4.73. The summed E-state index contributed by atoms with van der Waals surface area (Å²) in [4.78, 5) is 0. The third-order valence-electron chi connectivity index (χ3n) is 5.06. The van der Waals surface area contributed by atoms with Crippen LogP contribution in [-0.4, -0.2) is 30.4 Å². The maximum absolute atomic E-state index is 12.4. The molecule has 0 amide bonds. The summed E-state index contributed by atoms with van der Waals surface area (Å²) >= 11 is 5.38. The Morgan fingerprint density at radius 2 is 1.92 bits per heavy atom. The maximum atomic E-state index is 12.4. The van der Waals surface area contributed by atoms with Crippen molar-refractivity contribution in [1.82, 2.24) is 5.43 Å². The number of thiocarbonyl (C=S) groups is 1. The molecule has 2 aromatic rings. The molecular formula is C26H28F3N5OS. The van der Waals surface area contributed by atoms with Gasteiger partial charge in [0, 0.05) is 17.8 Å². The van der Waals surface area contributed by atoms with E-state index in [1.165, 1.54) is 24.3 Å². The first-order valence-corrected chi connectivity index (χ1v) is 11.8. The average molecular weight is 516 g/mol. The fourth-order valence-corrected chi connectivity index (χ4v) is 3.59. The third kappa shape index (κ3) is 8.53. The van der Waals surface area contributed by atoms with Crippen LogP contribution < -0.4 is 20.5 Å². The highest BCUT2D eigenvalue weighted by Crippen LogP contribution is 2.26. The topological polar surface area (TPSA) is 61.2 Å². The molecule has 0 spiro atoms. The average Bonchev–Trinajstić information content (AvgIpc) is 2.89. The zero-order valence-corrected chi connectivity index (χ0v) is 21.0. The molecule has 0 radical (unpaired) electrons. The van der Waals surface area contributed by atoms with Crippen LogP contribution in [0.25, 0.3) is 0 Å². The van der Waals surface area contributed by atoms with Crippen LogP contribution in [0.1, 0.15) is 32.3 Å². The lowest BCUT2D eigenvalue weighted by Crippen LogP contribution is -2.24. The molecule has 2 aromatic carbocycles. The van der Waals surface area contributed by atoms with Crippen LogP contribution in [0.3, 0.4) is 0 Å². The molecule has 0 aliphatic carbocycles. The number of ether oxygens (including phenoxy) is 1. The van der Waals surface area contributed by atoms with Gasteiger partial charge in [-0.05, 0) is 59.6 Å². The van der Waals surface area contributed by atoms with Gasteiger partial charge in [0.15, 0.2) is 5.11 Å². The van der Waals surface area contributed by atoms with Crippen molar-refractivity contribution in [2.75, 3.05) is 16.9 Å². The van der Waals surface area contributed by atoms with Crippen LogP contribution in [-0.2, 0) is 0 Å². The zero-order chi connectivity index (χ0) is 26.1. The van der Waals surface area contributed by atoms with Crippen molar-refractivity contribution in [3.05, 3.63) is 77.9 Å². The summed E-state index contributed by atoms with van der Waals surface area (Å²) in [7, 11) is 0. The van der Waals surface area contributed by atoms with E-state index in [1.54, 1.807) is 17.4 Å². The molecule has 10 heteroatoms. The van der Waals surface area contributed by atoms with E-state index >= 15 is 0 Å². The van der Waals surface area contributed by atoms with Crippen molar-refractivity contribution in [1.29, 1.82) is 0 Å². The summed E-state index contributed by atoms with van der Waals surface area (Å²) in [5.74, 6) is 0.0479. The Morgan fingerprint density at radius 1 is 1.19 bits per heavy atom. The Kier molecular flexibility index (Phi) is 9.24. The summed E-state index contributed by atoms with van der Waals surface area (Å²) in [5.41, 5.74) is 6.42. The number of nitrogens with one attached hydrogen (secondary N) is 2. The minimum Gasteiger partial charge on any atom is -0.406 e. The van der Waals surface area contributed by atoms with Crippen molar-refractivity contribution in [3.8, 4) is 5.75 Å². The van der Waals surface area contributed by atoms with Crippen molar-refractivity contribution >= 4 is 41.1 Å². The van der Waals surface area contributed by atoms with Gasteiger partial charge in [-0.1, -0.05) is 57.2 Å². The molecule has 0 bridgehead atoms. The van der Waals surface area contributed by atoms with Crippen molar-refractivity contribution in [2.45, 2.75) is 33.1 Å². The molecule has 36 heavy (non-hydrogen) atoms. The molecule has 1 aliphatic heterocycles. The Hall–Kier alpha value is -3.66. The lowest BCUT2D eigenvalue weighted by atomic mass is 10.0. The zero-order valence-electron chi connectivity index (χ0n) is 20.2. The number of rotatable bonds is 6. The number of hydrogen-bond acceptors (Lipinski definition) is 5. The van der Waals surface area contributed by atoms with E-state index in [9.17, 15) is 13.2 Å². The molecule has 2 N–H and O–H groups in total. The first-order chi connectivity index (χ1) is 17.1. The van der Waals surface area contributed by atoms with Crippen LogP contribution in [0, 0.1) is 5.92 Å². The van der Waals surface area contributed by atoms with Crippen LogP contribution in [0.4, 0.5) is 24.5 Å². The largest absolute Gasteiger partial charge is 0.573 e. The first-order valence-electron chi connectivity index (χ1n) is 11.4. The lowest BCUT2D eigenvalue weighted by Gasteiger charge is -2.18. The number of hydrazone groups is 2. The molecule has 3 rings (SSSR count). The quantitative estimate of drug-likeness (QED) is 0.258. The van der Waals surface area contributed by atoms with Crippen LogP contribution >= 0.6 is 12.2 Å². The predicted molar refractivity (Wildman–Crippen MR) is 144 cm³/mol. The number of alkyl halides is 3. The maximum Gasteiger partial charge on any atom is 0.573 e. The number of para-hydroxylation sites is 1. The Balaban J connectivity index is 1.61. The van der Waals surface area contributed by atoms with E-state index in [2.05, 4.69) is 45.6 Å². The van der Waals surface area contributed by atoms with Gasteiger partial charge in [-0.3, -0.25) is 10.4 Å². The number of benzene rings is 2. The highest BCUT2D eigenvalue weighted by molar-refractivity contribution is 7.80. The van der Waals surface area contributed by atoms with Gasteiger partial charge >= 0.3 is 6.36 Å². The van der Waals surface area contributed by atoms with Gasteiger partial charge in [0.25, 0.3) is 0 Å². The van der Waals surface area contributed by atoms with Gasteiger partial charge in [0.05, 0.1) is 18.4 Å². The van der Waals surface area contributed by atoms with E-state index in [0.717, 1.165) is 16.8 Å². The molecule has 0 aromatic heterocycles. The van der Waals surface area contributed by atoms with Gasteiger partial charge in [0.2, 0.25) is 0 Å². The molecule has 190 valence electrons. The van der Waals surface area contributed by atoms with Crippen LogP contribution in [0.5, 0.6) is 5.75 Å². The second-order valence-corrected chi connectivity index (χ2v) is 8.79. The molecule has 0 fully saturated rings. The van der Waals surface area contributed by atoms with Gasteiger partial charge in [0.1, 0.15) is 5.75 Å². The summed E-state index contributed by atoms with van der Waals surface area (Å²) in [6.45, 7) is 6.62. The minimum absolute atomic E-state index is 0.0208. The molecule has 6 nitrogen and oxygen atoms in total. The highest BCUT2D eigenvalue weighted by atomic mass is 32.1. The van der Waals surface area contributed by atoms with E-state index in [1.807, 2.05) is 43.4 Å². The monoisotopic (exact) mass is 515 g/mol. The van der Waals surface area contributed by atoms with Crippen molar-refractivity contribution in [3.63, 3.8) is 0 Å². The van der Waals surface area contributed by atoms with Gasteiger partial charge in [-0.15, -0.1) is 13.2 Å². The van der Waals surface area contributed by atoms with Crippen molar-refractivity contribution < 1.29 is 17.9 Å². The van der Waals surface area contributed by atoms with Gasteiger partial charge < -0.3 is 10.1 Å². The van der Waals surface area contributed by atoms with Gasteiger partial charge in [-0.2, -0.15) is 10.2 Å². The molecule has 1 aliphatic rings. The first kappa shape index (κ1) is 26.9. The van der Waals surface area contributed by atoms with E-state index in [4.69, 9.17) is 12.2 Å². The van der Waals surface area contributed by atoms with E-state index in [-0.39, 0.29) is 11.7 Å². The van der Waals surface area contributed by atoms with Crippen LogP contribution in [0.15, 0.2) is 82.5 Å². The second kappa shape index (κ2) is 12.3. The SMILES string of the molecule is CC1/C=N\N(c2ccc(OC(F)(F)F)cc2)C\C=C/C(/C=N/NC(=S)Nc2ccccc2C(C)C)=C\1. The summed E-state index contributed by atoms with van der Waals surface area (Å²) in [6.07, 6.45) is 4.47. The number of hydrogen-bond donors (Lipinski definition) is 2. The fourth-order valence-electron chi connectivity index (χ4n) is 3.43. The number of halogens is 3. The predicted octanol–water partition coefficient (Wildman–Crippen LogP) is 6.61. The summed E-state index contributed by atoms with van der Waals surface area (Å²) in [5, 5.41) is 14.0. The second-order valence-electron chi connectivity index (χ2n) is 8.38. The highest BCUT2D eigenvalue weighted by Gasteiger charge is 2.31. The standard InChI is InChI=1S/C26H28F3N5OS/c1-18(2)23-8-4-5-9-24(23)32-25(36)33-30-17-20-7-6-14-34(31-16-19(3)15-20)21-10-12-22(13-11-21)35-26(27,28)29/h4-13,15-19H,14H2,1-3H3,(H2,32,33,36)/b7-6-,20-15+,30-17+,31-16-. The van der Waals surface area contributed by atoms with Gasteiger partial charge in [-0.25, -0.2) is 0 Å². The molecule has 1 unspecified atom stereocenters. The lowest BCUT2D eigenvalue weighted by molar-refractivity contribution is -0.274. The van der Waals surface area contributed by atoms with Crippen LogP contribution in [0.2, 0.25) is 0 Å². The number of allylic oxidation sites excluding steroid dienone is 3. The Bertz CT molecular complexity index is 1160. The third-order valence-corrected chi connectivity index (χ3v) is 5.26. The normalized spacial score (nSPS) is 19.6. The molecule has 0 saturated carbocycles. The number of nitrogens with zero attached hydrogens (tertiary/aromatic N) is 3. The summed E-state index contributed by atoms with van der Waals surface area (Å²) in [6, 6.07) is 13.6. The van der Waals surface area contributed by atoms with E-state index in [0.29, 0.717) is 23.3 Å². The molecular weight excluding hydrogens is 487 g/mol. The summed E-state index contributed by atoms with van der Waals surface area (Å²) < 4.78 is 41.1. The Labute approximate surface area is 214 Å². The smallest absolute Gasteiger partial charge is 0.406 e.